The summed E-state index contributed by atoms with van der Waals surface area (Å²) in [4.78, 5) is 26.1. The van der Waals surface area contributed by atoms with E-state index in [2.05, 4.69) is 10.6 Å². The van der Waals surface area contributed by atoms with Crippen LogP contribution in [0.15, 0.2) is 48.5 Å². The Morgan fingerprint density at radius 1 is 1.14 bits per heavy atom. The number of hydrogen-bond acceptors (Lipinski definition) is 4. The van der Waals surface area contributed by atoms with Crippen LogP contribution >= 0.6 is 11.6 Å². The van der Waals surface area contributed by atoms with E-state index in [-0.39, 0.29) is 30.5 Å². The Hall–Kier alpha value is -2.93. The molecule has 1 fully saturated rings. The average molecular weight is 402 g/mol. The van der Waals surface area contributed by atoms with Crippen molar-refractivity contribution in [2.75, 3.05) is 24.6 Å². The highest BCUT2D eigenvalue weighted by Crippen LogP contribution is 2.30. The summed E-state index contributed by atoms with van der Waals surface area (Å²) in [5, 5.41) is 6.24. The van der Waals surface area contributed by atoms with Crippen molar-refractivity contribution in [1.29, 1.82) is 0 Å². The molecule has 2 aliphatic rings. The number of nitrogens with zero attached hydrogens (tertiary/aromatic N) is 1. The molecule has 2 aromatic carbocycles. The monoisotopic (exact) mass is 401 g/mol. The molecule has 7 nitrogen and oxygen atoms in total. The van der Waals surface area contributed by atoms with Crippen molar-refractivity contribution in [3.8, 4) is 11.5 Å². The third-order valence-electron chi connectivity index (χ3n) is 4.66. The minimum atomic E-state index is -0.335. The van der Waals surface area contributed by atoms with E-state index < -0.39 is 0 Å². The Morgan fingerprint density at radius 3 is 2.68 bits per heavy atom. The van der Waals surface area contributed by atoms with E-state index in [1.54, 1.807) is 29.2 Å². The number of benzene rings is 2. The number of ether oxygens (including phenoxy) is 2. The SMILES string of the molecule is O=C(NC[C@@H]1COc2ccccc2O1)N[C@H]1CC(=O)N(c2ccc(Cl)cc2)C1. The van der Waals surface area contributed by atoms with Crippen LogP contribution in [0.25, 0.3) is 0 Å². The minimum absolute atomic E-state index is 0.0340. The Balaban J connectivity index is 1.25. The highest BCUT2D eigenvalue weighted by molar-refractivity contribution is 6.30. The second-order valence-electron chi connectivity index (χ2n) is 6.73. The fraction of sp³-hybridized carbons (Fsp3) is 0.300. The molecule has 3 amide bonds. The predicted octanol–water partition coefficient (Wildman–Crippen LogP) is 2.58. The fourth-order valence-corrected chi connectivity index (χ4v) is 3.41. The number of fused-ring (bicyclic) bond motifs is 1. The normalized spacial score (nSPS) is 20.8. The van der Waals surface area contributed by atoms with Crippen molar-refractivity contribution in [2.45, 2.75) is 18.6 Å². The smallest absolute Gasteiger partial charge is 0.315 e. The molecule has 0 aliphatic carbocycles. The molecule has 4 rings (SSSR count). The van der Waals surface area contributed by atoms with E-state index in [4.69, 9.17) is 21.1 Å². The van der Waals surface area contributed by atoms with Gasteiger partial charge in [-0.05, 0) is 36.4 Å². The Labute approximate surface area is 167 Å². The van der Waals surface area contributed by atoms with Crippen LogP contribution in [-0.4, -0.2) is 43.8 Å². The van der Waals surface area contributed by atoms with Crippen LogP contribution in [0, 0.1) is 0 Å². The molecule has 0 aromatic heterocycles. The van der Waals surface area contributed by atoms with Crippen LogP contribution in [0.5, 0.6) is 11.5 Å². The van der Waals surface area contributed by atoms with E-state index in [9.17, 15) is 9.59 Å². The molecule has 146 valence electrons. The molecule has 2 N–H and O–H groups in total. The van der Waals surface area contributed by atoms with Gasteiger partial charge in [-0.1, -0.05) is 23.7 Å². The molecule has 2 atom stereocenters. The van der Waals surface area contributed by atoms with Gasteiger partial charge in [-0.25, -0.2) is 4.79 Å². The van der Waals surface area contributed by atoms with E-state index in [1.807, 2.05) is 24.3 Å². The first-order chi connectivity index (χ1) is 13.6. The molecule has 0 spiro atoms. The summed E-state index contributed by atoms with van der Waals surface area (Å²) in [6, 6.07) is 13.9. The standard InChI is InChI=1S/C20H20ClN3O4/c21-13-5-7-15(8-6-13)24-11-14(9-19(24)25)23-20(26)22-10-16-12-27-17-3-1-2-4-18(17)28-16/h1-8,14,16H,9-12H2,(H2,22,23,26)/t14-,16+/m0/s1. The van der Waals surface area contributed by atoms with Crippen LogP contribution in [0.4, 0.5) is 10.5 Å². The maximum atomic E-state index is 12.3. The van der Waals surface area contributed by atoms with E-state index in [1.165, 1.54) is 0 Å². The molecule has 0 unspecified atom stereocenters. The number of amides is 3. The van der Waals surface area contributed by atoms with Gasteiger partial charge in [0.05, 0.1) is 12.6 Å². The number of halogens is 1. The van der Waals surface area contributed by atoms with Gasteiger partial charge >= 0.3 is 6.03 Å². The highest BCUT2D eigenvalue weighted by atomic mass is 35.5. The van der Waals surface area contributed by atoms with E-state index in [0.717, 1.165) is 5.69 Å². The third kappa shape index (κ3) is 4.14. The van der Waals surface area contributed by atoms with Gasteiger partial charge in [-0.3, -0.25) is 4.79 Å². The molecule has 0 saturated carbocycles. The molecule has 0 radical (unpaired) electrons. The summed E-state index contributed by atoms with van der Waals surface area (Å²) in [5.74, 6) is 1.34. The van der Waals surface area contributed by atoms with Crippen molar-refractivity contribution in [2.24, 2.45) is 0 Å². The Kier molecular flexibility index (Phi) is 5.25. The molecule has 2 heterocycles. The number of hydrogen-bond donors (Lipinski definition) is 2. The number of carbonyl (C=O) groups is 2. The average Bonchev–Trinajstić information content (AvgIpc) is 3.06. The van der Waals surface area contributed by atoms with Gasteiger partial charge < -0.3 is 25.0 Å². The Bertz CT molecular complexity index is 874. The van der Waals surface area contributed by atoms with Crippen LogP contribution in [0.3, 0.4) is 0 Å². The lowest BCUT2D eigenvalue weighted by Crippen LogP contribution is -2.47. The first-order valence-electron chi connectivity index (χ1n) is 9.07. The molecular weight excluding hydrogens is 382 g/mol. The number of carbonyl (C=O) groups excluding carboxylic acids is 2. The molecule has 0 bridgehead atoms. The lowest BCUT2D eigenvalue weighted by molar-refractivity contribution is -0.117. The van der Waals surface area contributed by atoms with Gasteiger partial charge in [-0.2, -0.15) is 0 Å². The lowest BCUT2D eigenvalue weighted by atomic mass is 10.2. The van der Waals surface area contributed by atoms with Gasteiger partial charge in [0.2, 0.25) is 5.91 Å². The molecule has 1 saturated heterocycles. The van der Waals surface area contributed by atoms with Crippen molar-refractivity contribution in [1.82, 2.24) is 10.6 Å². The lowest BCUT2D eigenvalue weighted by Gasteiger charge is -2.26. The van der Waals surface area contributed by atoms with E-state index in [0.29, 0.717) is 36.2 Å². The first kappa shape index (κ1) is 18.4. The number of nitrogens with one attached hydrogen (secondary N) is 2. The fourth-order valence-electron chi connectivity index (χ4n) is 3.28. The molecular formula is C20H20ClN3O4. The van der Waals surface area contributed by atoms with Crippen LogP contribution in [0.2, 0.25) is 5.02 Å². The zero-order chi connectivity index (χ0) is 19.5. The number of para-hydroxylation sites is 2. The second-order valence-corrected chi connectivity index (χ2v) is 7.17. The zero-order valence-electron chi connectivity index (χ0n) is 15.1. The van der Waals surface area contributed by atoms with Gasteiger partial charge in [0, 0.05) is 23.7 Å². The molecule has 28 heavy (non-hydrogen) atoms. The zero-order valence-corrected chi connectivity index (χ0v) is 15.8. The van der Waals surface area contributed by atoms with Crippen LogP contribution < -0.4 is 25.0 Å². The van der Waals surface area contributed by atoms with Crippen molar-refractivity contribution in [3.63, 3.8) is 0 Å². The van der Waals surface area contributed by atoms with Gasteiger partial charge in [0.1, 0.15) is 6.61 Å². The number of rotatable bonds is 4. The first-order valence-corrected chi connectivity index (χ1v) is 9.45. The molecule has 2 aliphatic heterocycles. The van der Waals surface area contributed by atoms with Crippen LogP contribution in [-0.2, 0) is 4.79 Å². The summed E-state index contributed by atoms with van der Waals surface area (Å²) >= 11 is 5.89. The predicted molar refractivity (Wildman–Crippen MR) is 105 cm³/mol. The quantitative estimate of drug-likeness (QED) is 0.825. The van der Waals surface area contributed by atoms with Crippen molar-refractivity contribution < 1.29 is 19.1 Å². The van der Waals surface area contributed by atoms with Gasteiger partial charge in [0.25, 0.3) is 0 Å². The van der Waals surface area contributed by atoms with Crippen LogP contribution in [0.1, 0.15) is 6.42 Å². The van der Waals surface area contributed by atoms with Gasteiger partial charge in [-0.15, -0.1) is 0 Å². The van der Waals surface area contributed by atoms with E-state index >= 15 is 0 Å². The topological polar surface area (TPSA) is 79.9 Å². The molecule has 8 heteroatoms. The number of anilines is 1. The summed E-state index contributed by atoms with van der Waals surface area (Å²) in [5.41, 5.74) is 0.769. The summed E-state index contributed by atoms with van der Waals surface area (Å²) in [6.07, 6.45) is -0.0108. The second kappa shape index (κ2) is 7.98. The maximum Gasteiger partial charge on any atom is 0.315 e. The maximum absolute atomic E-state index is 12.3. The largest absolute Gasteiger partial charge is 0.486 e. The summed E-state index contributed by atoms with van der Waals surface area (Å²) < 4.78 is 11.4. The van der Waals surface area contributed by atoms with Gasteiger partial charge in [0.15, 0.2) is 17.6 Å². The highest BCUT2D eigenvalue weighted by Gasteiger charge is 2.31. The third-order valence-corrected chi connectivity index (χ3v) is 4.91. The summed E-state index contributed by atoms with van der Waals surface area (Å²) in [6.45, 7) is 1.09. The van der Waals surface area contributed by atoms with Crippen molar-refractivity contribution >= 4 is 29.2 Å². The summed E-state index contributed by atoms with van der Waals surface area (Å²) in [7, 11) is 0. The van der Waals surface area contributed by atoms with Crippen molar-refractivity contribution in [3.05, 3.63) is 53.6 Å². The Morgan fingerprint density at radius 2 is 1.89 bits per heavy atom. The number of urea groups is 1. The molecule has 2 aromatic rings. The minimum Gasteiger partial charge on any atom is -0.486 e.